The summed E-state index contributed by atoms with van der Waals surface area (Å²) in [6.45, 7) is 8.54. The van der Waals surface area contributed by atoms with Gasteiger partial charge in [0.05, 0.1) is 6.10 Å². The van der Waals surface area contributed by atoms with Crippen LogP contribution in [0.4, 0.5) is 4.70 Å². The smallest absolute Gasteiger partial charge is 0.326 e. The van der Waals surface area contributed by atoms with E-state index in [2.05, 4.69) is 0 Å². The van der Waals surface area contributed by atoms with Crippen molar-refractivity contribution in [3.63, 3.8) is 0 Å². The van der Waals surface area contributed by atoms with Crippen LogP contribution in [0.3, 0.4) is 0 Å². The number of carboxylic acid groups (broad SMARTS) is 1. The number of aliphatic hydroxyl groups is 1. The third-order valence-electron chi connectivity index (χ3n) is 4.62. The van der Waals surface area contributed by atoms with Crippen molar-refractivity contribution in [3.05, 3.63) is 0 Å². The van der Waals surface area contributed by atoms with Crippen LogP contribution in [0.1, 0.15) is 19.8 Å². The van der Waals surface area contributed by atoms with E-state index in [9.17, 15) is 19.2 Å². The molecule has 2 saturated heterocycles. The first-order valence-electron chi connectivity index (χ1n) is 9.65. The average molecular weight is 505 g/mol. The molecule has 0 bridgehead atoms. The molecule has 2 fully saturated rings. The number of likely N-dealkylation sites (tertiary alicyclic amines) is 2. The molecule has 9 nitrogen and oxygen atoms in total. The van der Waals surface area contributed by atoms with Crippen molar-refractivity contribution in [2.45, 2.75) is 57.6 Å². The summed E-state index contributed by atoms with van der Waals surface area (Å²) >= 11 is 10.8. The summed E-state index contributed by atoms with van der Waals surface area (Å²) in [5.41, 5.74) is 0. The fourth-order valence-corrected chi connectivity index (χ4v) is 4.44. The van der Waals surface area contributed by atoms with Crippen molar-refractivity contribution in [1.29, 1.82) is 0 Å². The molecule has 180 valence electrons. The van der Waals surface area contributed by atoms with Gasteiger partial charge >= 0.3 is 11.9 Å². The van der Waals surface area contributed by atoms with Gasteiger partial charge in [0.2, 0.25) is 20.1 Å². The number of hydrogen-bond donors (Lipinski definition) is 2. The second-order valence-electron chi connectivity index (χ2n) is 8.49. The monoisotopic (exact) mass is 504 g/mol. The summed E-state index contributed by atoms with van der Waals surface area (Å²) in [5, 5.41) is 17.9. The van der Waals surface area contributed by atoms with Gasteiger partial charge in [-0.05, 0) is 32.0 Å². The van der Waals surface area contributed by atoms with Crippen LogP contribution < -0.4 is 0 Å². The van der Waals surface area contributed by atoms with Crippen LogP contribution in [-0.2, 0) is 23.6 Å². The summed E-state index contributed by atoms with van der Waals surface area (Å²) in [6.07, 6.45) is -0.00236. The van der Waals surface area contributed by atoms with Crippen molar-refractivity contribution in [1.82, 2.24) is 9.80 Å². The Morgan fingerprint density at radius 1 is 0.968 bits per heavy atom. The molecule has 2 heterocycles. The Bertz CT molecular complexity index is 665. The Morgan fingerprint density at radius 2 is 1.45 bits per heavy atom. The second-order valence-corrected chi connectivity index (χ2v) is 13.5. The Hall–Kier alpha value is -1.43. The van der Waals surface area contributed by atoms with Gasteiger partial charge in [0.1, 0.15) is 23.8 Å². The number of aliphatic hydroxyl groups excluding tert-OH is 1. The van der Waals surface area contributed by atoms with Gasteiger partial charge in [-0.1, -0.05) is 6.92 Å². The lowest BCUT2D eigenvalue weighted by Crippen LogP contribution is -2.45. The second kappa shape index (κ2) is 12.6. The topological polar surface area (TPSA) is 124 Å². The maximum absolute atomic E-state index is 12.0. The lowest BCUT2D eigenvalue weighted by Gasteiger charge is -2.26. The van der Waals surface area contributed by atoms with Crippen LogP contribution in [-0.4, -0.2) is 95.1 Å². The Balaban J connectivity index is 0.000000581. The molecule has 31 heavy (non-hydrogen) atoms. The van der Waals surface area contributed by atoms with E-state index in [1.165, 1.54) is 0 Å². The fourth-order valence-electron chi connectivity index (χ4n) is 3.39. The fraction of sp³-hybridized carbons (Fsp3) is 0.778. The number of amides is 2. The predicted molar refractivity (Wildman–Crippen MR) is 116 cm³/mol. The number of carbonyl (C=O) groups is 4. The lowest BCUT2D eigenvalue weighted by molar-refractivity contribution is -0.147. The van der Waals surface area contributed by atoms with Crippen molar-refractivity contribution in [3.8, 4) is 0 Å². The molecule has 0 aromatic carbocycles. The molecule has 0 spiro atoms. The number of nitrogens with zero attached hydrogens (tertiary/aromatic N) is 2. The Labute approximate surface area is 192 Å². The third-order valence-corrected chi connectivity index (χ3v) is 5.89. The van der Waals surface area contributed by atoms with Crippen molar-refractivity contribution >= 4 is 55.3 Å². The number of carbonyl (C=O) groups excluding carboxylic acids is 3. The molecule has 2 rings (SSSR count). The zero-order valence-electron chi connectivity index (χ0n) is 18.0. The minimum Gasteiger partial charge on any atom is -0.518 e. The first kappa shape index (κ1) is 29.6. The summed E-state index contributed by atoms with van der Waals surface area (Å²) in [5.74, 6) is -2.03. The standard InChI is InChI=1S/C11H20ClNO3Si.C7H10ClNO4.FH/c1-8-5-9(11(15)16-17(2,3)4)13(7-8)10(14)6-12;8-2-6(11)9-3-4(10)1-5(9)7(12)13;/h8-9H,5-7H2,1-4H3;4-5,10H,1-3H2,(H,12,13);1H/t8-,9+;4-,5+;/m11./s1. The molecule has 0 aromatic heterocycles. The molecule has 2 N–H and O–H groups in total. The predicted octanol–water partition coefficient (Wildman–Crippen LogP) is 1.26. The van der Waals surface area contributed by atoms with Crippen LogP contribution in [0.5, 0.6) is 0 Å². The van der Waals surface area contributed by atoms with Crippen LogP contribution in [0.15, 0.2) is 0 Å². The van der Waals surface area contributed by atoms with E-state index in [0.717, 1.165) is 4.90 Å². The molecule has 2 aliphatic heterocycles. The highest BCUT2D eigenvalue weighted by atomic mass is 35.5. The van der Waals surface area contributed by atoms with E-state index in [-0.39, 0.29) is 41.3 Å². The number of β-amino-alcohol motifs (C(OH)–C–C–N with tert-alkyl or cyclic N) is 1. The highest BCUT2D eigenvalue weighted by Crippen LogP contribution is 2.25. The molecule has 0 aliphatic carbocycles. The summed E-state index contributed by atoms with van der Waals surface area (Å²) in [4.78, 5) is 48.0. The minimum atomic E-state index is -1.90. The Morgan fingerprint density at radius 3 is 1.87 bits per heavy atom. The van der Waals surface area contributed by atoms with Crippen LogP contribution in [0, 0.1) is 5.92 Å². The van der Waals surface area contributed by atoms with Gasteiger partial charge in [-0.25, -0.2) is 4.79 Å². The van der Waals surface area contributed by atoms with E-state index < -0.39 is 38.4 Å². The number of hydrogen-bond acceptors (Lipinski definition) is 6. The molecule has 2 aliphatic rings. The van der Waals surface area contributed by atoms with Crippen molar-refractivity contribution < 1.29 is 38.5 Å². The molecule has 0 unspecified atom stereocenters. The molecular formula is C18H31Cl2FN2O7Si. The first-order chi connectivity index (χ1) is 13.8. The maximum atomic E-state index is 12.0. The molecule has 13 heteroatoms. The maximum Gasteiger partial charge on any atom is 0.326 e. The van der Waals surface area contributed by atoms with Gasteiger partial charge in [-0.3, -0.25) is 19.1 Å². The van der Waals surface area contributed by atoms with E-state index in [4.69, 9.17) is 37.8 Å². The van der Waals surface area contributed by atoms with Crippen molar-refractivity contribution in [2.24, 2.45) is 5.92 Å². The quantitative estimate of drug-likeness (QED) is 0.426. The molecule has 2 amide bonds. The van der Waals surface area contributed by atoms with Gasteiger partial charge in [0.15, 0.2) is 0 Å². The Kier molecular flexibility index (Phi) is 12.0. The zero-order valence-corrected chi connectivity index (χ0v) is 20.6. The van der Waals surface area contributed by atoms with Crippen molar-refractivity contribution in [2.75, 3.05) is 24.8 Å². The van der Waals surface area contributed by atoms with E-state index in [0.29, 0.717) is 18.9 Å². The summed E-state index contributed by atoms with van der Waals surface area (Å²) in [6, 6.07) is -1.37. The SMILES string of the molecule is C[C@@H]1C[C@@H](C(=O)O[Si](C)(C)C)N(C(=O)CCl)C1.F.O=C(O)[C@@H]1C[C@@H](O)CN1C(=O)CCl. The van der Waals surface area contributed by atoms with Gasteiger partial charge in [0.25, 0.3) is 0 Å². The minimum absolute atomic E-state index is 0. The molecule has 0 saturated carbocycles. The van der Waals surface area contributed by atoms with Crippen LogP contribution in [0.25, 0.3) is 0 Å². The summed E-state index contributed by atoms with van der Waals surface area (Å²) in [7, 11) is -1.90. The van der Waals surface area contributed by atoms with E-state index in [1.807, 2.05) is 26.6 Å². The lowest BCUT2D eigenvalue weighted by atomic mass is 10.1. The number of carboxylic acids is 1. The summed E-state index contributed by atoms with van der Waals surface area (Å²) < 4.78 is 5.46. The molecular weight excluding hydrogens is 474 g/mol. The van der Waals surface area contributed by atoms with Crippen LogP contribution >= 0.6 is 23.2 Å². The van der Waals surface area contributed by atoms with Gasteiger partial charge in [0, 0.05) is 19.5 Å². The van der Waals surface area contributed by atoms with E-state index in [1.54, 1.807) is 4.90 Å². The molecule has 0 radical (unpaired) electrons. The number of rotatable bonds is 5. The highest BCUT2D eigenvalue weighted by molar-refractivity contribution is 6.71. The van der Waals surface area contributed by atoms with Gasteiger partial charge < -0.3 is 24.4 Å². The zero-order chi connectivity index (χ0) is 23.2. The normalized spacial score (nSPS) is 25.3. The third kappa shape index (κ3) is 8.91. The average Bonchev–Trinajstić information content (AvgIpc) is 3.22. The van der Waals surface area contributed by atoms with E-state index >= 15 is 0 Å². The highest BCUT2D eigenvalue weighted by Gasteiger charge is 2.40. The number of halogens is 3. The molecule has 0 aromatic rings. The van der Waals surface area contributed by atoms with Gasteiger partial charge in [-0.2, -0.15) is 0 Å². The van der Waals surface area contributed by atoms with Gasteiger partial charge in [-0.15, -0.1) is 23.2 Å². The first-order valence-corrected chi connectivity index (χ1v) is 14.1. The molecule has 4 atom stereocenters. The number of alkyl halides is 2. The van der Waals surface area contributed by atoms with Crippen LogP contribution in [0.2, 0.25) is 19.6 Å². The largest absolute Gasteiger partial charge is 0.518 e. The number of aliphatic carboxylic acids is 1.